The highest BCUT2D eigenvalue weighted by atomic mass is 127. The molecule has 1 aromatic carbocycles. The van der Waals surface area contributed by atoms with E-state index in [2.05, 4.69) is 71.4 Å². The minimum absolute atomic E-state index is 0.260. The molecule has 0 aromatic heterocycles. The standard InChI is InChI=1S/C11H16IN/c1-11(2,3)10-6-4-9(5-7-10)8-13-12/h4-7,13H,8H2,1-3H3. The van der Waals surface area contributed by atoms with Gasteiger partial charge >= 0.3 is 0 Å². The van der Waals surface area contributed by atoms with Crippen molar-refractivity contribution in [3.8, 4) is 0 Å². The Kier molecular flexibility index (Phi) is 3.74. The molecule has 0 aliphatic rings. The Labute approximate surface area is 94.4 Å². The first-order chi connectivity index (χ1) is 6.04. The van der Waals surface area contributed by atoms with Crippen LogP contribution in [0.15, 0.2) is 24.3 Å². The monoisotopic (exact) mass is 289 g/mol. The molecule has 0 bridgehead atoms. The predicted octanol–water partition coefficient (Wildman–Crippen LogP) is 3.42. The maximum Gasteiger partial charge on any atom is 0.0301 e. The maximum absolute atomic E-state index is 3.11. The second-order valence-electron chi connectivity index (χ2n) is 4.26. The molecule has 1 N–H and O–H groups in total. The van der Waals surface area contributed by atoms with Crippen molar-refractivity contribution >= 4 is 22.9 Å². The van der Waals surface area contributed by atoms with Crippen LogP contribution in [-0.2, 0) is 12.0 Å². The number of hydrogen-bond donors (Lipinski definition) is 1. The first kappa shape index (κ1) is 11.0. The minimum Gasteiger partial charge on any atom is -0.257 e. The van der Waals surface area contributed by atoms with E-state index in [0.29, 0.717) is 0 Å². The van der Waals surface area contributed by atoms with E-state index in [1.807, 2.05) is 0 Å². The average Bonchev–Trinajstić information content (AvgIpc) is 2.04. The number of halogens is 1. The van der Waals surface area contributed by atoms with Crippen LogP contribution in [-0.4, -0.2) is 0 Å². The third-order valence-corrected chi connectivity index (χ3v) is 2.47. The van der Waals surface area contributed by atoms with Crippen molar-refractivity contribution in [1.82, 2.24) is 3.53 Å². The summed E-state index contributed by atoms with van der Waals surface area (Å²) in [6.45, 7) is 7.64. The molecule has 0 atom stereocenters. The second kappa shape index (κ2) is 4.42. The molecule has 0 amide bonds. The van der Waals surface area contributed by atoms with Gasteiger partial charge in [-0.1, -0.05) is 45.0 Å². The van der Waals surface area contributed by atoms with Crippen LogP contribution in [0.2, 0.25) is 0 Å². The molecule has 0 saturated carbocycles. The van der Waals surface area contributed by atoms with E-state index >= 15 is 0 Å². The highest BCUT2D eigenvalue weighted by molar-refractivity contribution is 14.1. The van der Waals surface area contributed by atoms with E-state index in [-0.39, 0.29) is 5.41 Å². The zero-order chi connectivity index (χ0) is 9.90. The zero-order valence-electron chi connectivity index (χ0n) is 8.39. The first-order valence-corrected chi connectivity index (χ1v) is 5.55. The SMILES string of the molecule is CC(C)(C)c1ccc(CNI)cc1. The fraction of sp³-hybridized carbons (Fsp3) is 0.455. The van der Waals surface area contributed by atoms with Gasteiger partial charge in [-0.05, 0) is 16.5 Å². The van der Waals surface area contributed by atoms with Gasteiger partial charge in [0, 0.05) is 29.4 Å². The van der Waals surface area contributed by atoms with Crippen LogP contribution in [0, 0.1) is 0 Å². The molecule has 13 heavy (non-hydrogen) atoms. The van der Waals surface area contributed by atoms with Gasteiger partial charge in [-0.25, -0.2) is 0 Å². The third-order valence-electron chi connectivity index (χ3n) is 2.09. The summed E-state index contributed by atoms with van der Waals surface area (Å²) in [6.07, 6.45) is 0. The molecule has 2 heteroatoms. The Morgan fingerprint density at radius 3 is 2.08 bits per heavy atom. The largest absolute Gasteiger partial charge is 0.257 e. The molecule has 0 saturated heterocycles. The molecule has 0 fully saturated rings. The van der Waals surface area contributed by atoms with Gasteiger partial charge in [0.2, 0.25) is 0 Å². The van der Waals surface area contributed by atoms with Gasteiger partial charge < -0.3 is 0 Å². The predicted molar refractivity (Wildman–Crippen MR) is 66.0 cm³/mol. The molecule has 0 heterocycles. The summed E-state index contributed by atoms with van der Waals surface area (Å²) in [5.74, 6) is 0. The van der Waals surface area contributed by atoms with Gasteiger partial charge in [0.25, 0.3) is 0 Å². The van der Waals surface area contributed by atoms with Crippen LogP contribution >= 0.6 is 22.9 Å². The van der Waals surface area contributed by atoms with Crippen molar-refractivity contribution in [2.24, 2.45) is 0 Å². The summed E-state index contributed by atoms with van der Waals surface area (Å²) in [5, 5.41) is 0. The van der Waals surface area contributed by atoms with Gasteiger partial charge in [-0.3, -0.25) is 3.53 Å². The van der Waals surface area contributed by atoms with E-state index in [9.17, 15) is 0 Å². The number of rotatable bonds is 2. The molecule has 1 aromatic rings. The van der Waals surface area contributed by atoms with Crippen molar-refractivity contribution in [3.63, 3.8) is 0 Å². The third kappa shape index (κ3) is 3.27. The normalized spacial score (nSPS) is 11.7. The van der Waals surface area contributed by atoms with Crippen molar-refractivity contribution in [1.29, 1.82) is 0 Å². The summed E-state index contributed by atoms with van der Waals surface area (Å²) < 4.78 is 3.11. The molecule has 0 radical (unpaired) electrons. The van der Waals surface area contributed by atoms with E-state index in [1.165, 1.54) is 11.1 Å². The van der Waals surface area contributed by atoms with E-state index in [0.717, 1.165) is 6.54 Å². The quantitative estimate of drug-likeness (QED) is 0.650. The lowest BCUT2D eigenvalue weighted by molar-refractivity contribution is 0.590. The number of nitrogens with one attached hydrogen (secondary N) is 1. The summed E-state index contributed by atoms with van der Waals surface area (Å²) in [6, 6.07) is 8.80. The Morgan fingerprint density at radius 1 is 1.15 bits per heavy atom. The Bertz CT molecular complexity index is 258. The van der Waals surface area contributed by atoms with Crippen LogP contribution in [0.4, 0.5) is 0 Å². The van der Waals surface area contributed by atoms with Crippen LogP contribution < -0.4 is 3.53 Å². The van der Waals surface area contributed by atoms with Gasteiger partial charge in [-0.2, -0.15) is 0 Å². The highest BCUT2D eigenvalue weighted by Crippen LogP contribution is 2.22. The van der Waals surface area contributed by atoms with Gasteiger partial charge in [0.1, 0.15) is 0 Å². The lowest BCUT2D eigenvalue weighted by atomic mass is 9.87. The van der Waals surface area contributed by atoms with Crippen molar-refractivity contribution < 1.29 is 0 Å². The summed E-state index contributed by atoms with van der Waals surface area (Å²) >= 11 is 2.17. The molecule has 0 spiro atoms. The summed E-state index contributed by atoms with van der Waals surface area (Å²) in [7, 11) is 0. The topological polar surface area (TPSA) is 12.0 Å². The van der Waals surface area contributed by atoms with Crippen LogP contribution in [0.1, 0.15) is 31.9 Å². The van der Waals surface area contributed by atoms with Crippen LogP contribution in [0.25, 0.3) is 0 Å². The van der Waals surface area contributed by atoms with Crippen molar-refractivity contribution in [2.75, 3.05) is 0 Å². The molecule has 1 nitrogen and oxygen atoms in total. The first-order valence-electron chi connectivity index (χ1n) is 4.47. The van der Waals surface area contributed by atoms with E-state index < -0.39 is 0 Å². The van der Waals surface area contributed by atoms with E-state index in [1.54, 1.807) is 0 Å². The summed E-state index contributed by atoms with van der Waals surface area (Å²) in [5.41, 5.74) is 2.99. The molecule has 1 rings (SSSR count). The van der Waals surface area contributed by atoms with Crippen molar-refractivity contribution in [3.05, 3.63) is 35.4 Å². The molecule has 0 unspecified atom stereocenters. The number of benzene rings is 1. The van der Waals surface area contributed by atoms with Gasteiger partial charge in [-0.15, -0.1) is 0 Å². The van der Waals surface area contributed by atoms with E-state index in [4.69, 9.17) is 0 Å². The highest BCUT2D eigenvalue weighted by Gasteiger charge is 2.12. The fourth-order valence-corrected chi connectivity index (χ4v) is 1.64. The van der Waals surface area contributed by atoms with Crippen LogP contribution in [0.3, 0.4) is 0 Å². The molecule has 72 valence electrons. The van der Waals surface area contributed by atoms with Crippen LogP contribution in [0.5, 0.6) is 0 Å². The Hall–Kier alpha value is -0.0900. The van der Waals surface area contributed by atoms with Gasteiger partial charge in [0.05, 0.1) is 0 Å². The zero-order valence-corrected chi connectivity index (χ0v) is 10.6. The Balaban J connectivity index is 2.81. The maximum atomic E-state index is 3.11. The molecular weight excluding hydrogens is 273 g/mol. The second-order valence-corrected chi connectivity index (χ2v) is 5.02. The Morgan fingerprint density at radius 2 is 1.69 bits per heavy atom. The van der Waals surface area contributed by atoms with Crippen molar-refractivity contribution in [2.45, 2.75) is 32.7 Å². The lowest BCUT2D eigenvalue weighted by Crippen LogP contribution is -2.11. The average molecular weight is 289 g/mol. The molecular formula is C11H16IN. The summed E-state index contributed by atoms with van der Waals surface area (Å²) in [4.78, 5) is 0. The smallest absolute Gasteiger partial charge is 0.0301 e. The molecule has 0 aliphatic heterocycles. The fourth-order valence-electron chi connectivity index (χ4n) is 1.20. The minimum atomic E-state index is 0.260. The molecule has 0 aliphatic carbocycles. The van der Waals surface area contributed by atoms with Gasteiger partial charge in [0.15, 0.2) is 0 Å². The number of hydrogen-bond acceptors (Lipinski definition) is 1. The lowest BCUT2D eigenvalue weighted by Gasteiger charge is -2.19.